The average molecular weight is 261 g/mol. The number of carbonyl (C=O) groups excluding carboxylic acids is 1. The molecule has 0 aliphatic carbocycles. The normalized spacial score (nSPS) is 10.8. The Morgan fingerprint density at radius 3 is 2.50 bits per heavy atom. The van der Waals surface area contributed by atoms with E-state index in [1.165, 1.54) is 18.2 Å². The van der Waals surface area contributed by atoms with Crippen LogP contribution in [0, 0.1) is 5.82 Å². The standard InChI is InChI=1S/C15H10ClFO/c16-13-8-7-12(10-14(13)17)15(18)9-6-11-4-2-1-3-5-11/h1-10H/b9-6+. The summed E-state index contributed by atoms with van der Waals surface area (Å²) in [6, 6.07) is 13.4. The zero-order valence-electron chi connectivity index (χ0n) is 9.44. The summed E-state index contributed by atoms with van der Waals surface area (Å²) >= 11 is 5.55. The fourth-order valence-electron chi connectivity index (χ4n) is 1.48. The van der Waals surface area contributed by atoms with Crippen molar-refractivity contribution in [1.29, 1.82) is 0 Å². The molecule has 2 aromatic carbocycles. The topological polar surface area (TPSA) is 17.1 Å². The molecule has 0 aliphatic rings. The van der Waals surface area contributed by atoms with Crippen molar-refractivity contribution in [2.75, 3.05) is 0 Å². The molecule has 0 bridgehead atoms. The van der Waals surface area contributed by atoms with Crippen molar-refractivity contribution in [3.05, 3.63) is 76.6 Å². The monoisotopic (exact) mass is 260 g/mol. The average Bonchev–Trinajstić information content (AvgIpc) is 2.40. The molecule has 0 unspecified atom stereocenters. The summed E-state index contributed by atoms with van der Waals surface area (Å²) in [5.41, 5.74) is 1.20. The Morgan fingerprint density at radius 1 is 1.11 bits per heavy atom. The fourth-order valence-corrected chi connectivity index (χ4v) is 1.60. The van der Waals surface area contributed by atoms with Gasteiger partial charge in [-0.2, -0.15) is 0 Å². The van der Waals surface area contributed by atoms with Gasteiger partial charge in [0.1, 0.15) is 5.82 Å². The largest absolute Gasteiger partial charge is 0.289 e. The second-order valence-electron chi connectivity index (χ2n) is 3.74. The first-order valence-electron chi connectivity index (χ1n) is 5.39. The van der Waals surface area contributed by atoms with Crippen LogP contribution in [0.25, 0.3) is 6.08 Å². The minimum atomic E-state index is -0.587. The zero-order valence-corrected chi connectivity index (χ0v) is 10.2. The minimum absolute atomic E-state index is 0.0126. The number of benzene rings is 2. The Balaban J connectivity index is 2.17. The molecule has 0 atom stereocenters. The Bertz CT molecular complexity index is 591. The molecule has 3 heteroatoms. The molecule has 0 saturated carbocycles. The van der Waals surface area contributed by atoms with E-state index in [1.54, 1.807) is 6.08 Å². The van der Waals surface area contributed by atoms with Crippen LogP contribution >= 0.6 is 11.6 Å². The maximum Gasteiger partial charge on any atom is 0.185 e. The lowest BCUT2D eigenvalue weighted by atomic mass is 10.1. The Morgan fingerprint density at radius 2 is 1.83 bits per heavy atom. The summed E-state index contributed by atoms with van der Waals surface area (Å²) in [5.74, 6) is -0.843. The molecule has 0 N–H and O–H groups in total. The molecule has 0 amide bonds. The van der Waals surface area contributed by atoms with Gasteiger partial charge in [-0.3, -0.25) is 4.79 Å². The summed E-state index contributed by atoms with van der Waals surface area (Å²) in [4.78, 5) is 11.8. The molecule has 0 saturated heterocycles. The van der Waals surface area contributed by atoms with Crippen LogP contribution < -0.4 is 0 Å². The second kappa shape index (κ2) is 5.61. The number of ketones is 1. The molecule has 0 radical (unpaired) electrons. The van der Waals surface area contributed by atoms with E-state index in [0.29, 0.717) is 0 Å². The number of allylic oxidation sites excluding steroid dienone is 1. The van der Waals surface area contributed by atoms with Gasteiger partial charge in [0.15, 0.2) is 5.78 Å². The molecule has 0 aromatic heterocycles. The fraction of sp³-hybridized carbons (Fsp3) is 0. The number of hydrogen-bond acceptors (Lipinski definition) is 1. The Kier molecular flexibility index (Phi) is 3.90. The van der Waals surface area contributed by atoms with E-state index in [-0.39, 0.29) is 16.4 Å². The van der Waals surface area contributed by atoms with Crippen molar-refractivity contribution < 1.29 is 9.18 Å². The van der Waals surface area contributed by atoms with Crippen molar-refractivity contribution in [2.45, 2.75) is 0 Å². The highest BCUT2D eigenvalue weighted by molar-refractivity contribution is 6.30. The highest BCUT2D eigenvalue weighted by Gasteiger charge is 2.05. The predicted molar refractivity (Wildman–Crippen MR) is 71.2 cm³/mol. The van der Waals surface area contributed by atoms with E-state index in [1.807, 2.05) is 30.3 Å². The highest BCUT2D eigenvalue weighted by atomic mass is 35.5. The summed E-state index contributed by atoms with van der Waals surface area (Å²) in [5, 5.41) is 0.0126. The van der Waals surface area contributed by atoms with Crippen LogP contribution in [-0.2, 0) is 0 Å². The second-order valence-corrected chi connectivity index (χ2v) is 4.14. The van der Waals surface area contributed by atoms with Gasteiger partial charge in [-0.1, -0.05) is 48.0 Å². The van der Waals surface area contributed by atoms with Crippen molar-refractivity contribution >= 4 is 23.5 Å². The van der Waals surface area contributed by atoms with Gasteiger partial charge in [-0.05, 0) is 29.8 Å². The third-order valence-electron chi connectivity index (χ3n) is 2.43. The van der Waals surface area contributed by atoms with E-state index in [2.05, 4.69) is 0 Å². The lowest BCUT2D eigenvalue weighted by Gasteiger charge is -1.98. The van der Waals surface area contributed by atoms with Crippen molar-refractivity contribution in [1.82, 2.24) is 0 Å². The van der Waals surface area contributed by atoms with Crippen LogP contribution in [0.2, 0.25) is 5.02 Å². The SMILES string of the molecule is O=C(/C=C/c1ccccc1)c1ccc(Cl)c(F)c1. The van der Waals surface area contributed by atoms with Crippen LogP contribution in [0.15, 0.2) is 54.6 Å². The van der Waals surface area contributed by atoms with Crippen LogP contribution in [0.1, 0.15) is 15.9 Å². The van der Waals surface area contributed by atoms with Gasteiger partial charge in [-0.15, -0.1) is 0 Å². The zero-order chi connectivity index (χ0) is 13.0. The lowest BCUT2D eigenvalue weighted by Crippen LogP contribution is -1.95. The summed E-state index contributed by atoms with van der Waals surface area (Å²) in [7, 11) is 0. The third-order valence-corrected chi connectivity index (χ3v) is 2.74. The van der Waals surface area contributed by atoms with Crippen LogP contribution in [-0.4, -0.2) is 5.78 Å². The molecule has 2 rings (SSSR count). The number of halogens is 2. The van der Waals surface area contributed by atoms with Gasteiger partial charge in [-0.25, -0.2) is 4.39 Å². The third kappa shape index (κ3) is 3.05. The van der Waals surface area contributed by atoms with Crippen LogP contribution in [0.5, 0.6) is 0 Å². The van der Waals surface area contributed by atoms with Gasteiger partial charge >= 0.3 is 0 Å². The predicted octanol–water partition coefficient (Wildman–Crippen LogP) is 4.38. The smallest absolute Gasteiger partial charge is 0.185 e. The van der Waals surface area contributed by atoms with E-state index >= 15 is 0 Å². The molecule has 0 heterocycles. The van der Waals surface area contributed by atoms with Crippen molar-refractivity contribution in [2.24, 2.45) is 0 Å². The molecular formula is C15H10ClFO. The van der Waals surface area contributed by atoms with Gasteiger partial charge in [0.05, 0.1) is 5.02 Å². The van der Waals surface area contributed by atoms with E-state index in [0.717, 1.165) is 11.6 Å². The summed E-state index contributed by atoms with van der Waals surface area (Å²) in [6.07, 6.45) is 3.10. The van der Waals surface area contributed by atoms with Gasteiger partial charge in [0.25, 0.3) is 0 Å². The number of rotatable bonds is 3. The van der Waals surface area contributed by atoms with E-state index < -0.39 is 5.82 Å². The minimum Gasteiger partial charge on any atom is -0.289 e. The number of carbonyl (C=O) groups is 1. The molecule has 18 heavy (non-hydrogen) atoms. The molecule has 2 aromatic rings. The summed E-state index contributed by atoms with van der Waals surface area (Å²) < 4.78 is 13.2. The van der Waals surface area contributed by atoms with E-state index in [9.17, 15) is 9.18 Å². The summed E-state index contributed by atoms with van der Waals surface area (Å²) in [6.45, 7) is 0. The van der Waals surface area contributed by atoms with Crippen molar-refractivity contribution in [3.63, 3.8) is 0 Å². The van der Waals surface area contributed by atoms with Gasteiger partial charge in [0.2, 0.25) is 0 Å². The quantitative estimate of drug-likeness (QED) is 0.591. The molecule has 1 nitrogen and oxygen atoms in total. The molecule has 0 aliphatic heterocycles. The number of hydrogen-bond donors (Lipinski definition) is 0. The van der Waals surface area contributed by atoms with Crippen molar-refractivity contribution in [3.8, 4) is 0 Å². The first kappa shape index (κ1) is 12.5. The molecule has 0 fully saturated rings. The maximum atomic E-state index is 13.2. The highest BCUT2D eigenvalue weighted by Crippen LogP contribution is 2.16. The van der Waals surface area contributed by atoms with E-state index in [4.69, 9.17) is 11.6 Å². The maximum absolute atomic E-state index is 13.2. The lowest BCUT2D eigenvalue weighted by molar-refractivity contribution is 0.104. The molecule has 90 valence electrons. The van der Waals surface area contributed by atoms with Gasteiger partial charge < -0.3 is 0 Å². The first-order chi connectivity index (χ1) is 8.66. The van der Waals surface area contributed by atoms with Gasteiger partial charge in [0, 0.05) is 5.56 Å². The van der Waals surface area contributed by atoms with Crippen LogP contribution in [0.4, 0.5) is 4.39 Å². The first-order valence-corrected chi connectivity index (χ1v) is 5.77. The Labute approximate surface area is 110 Å². The Hall–Kier alpha value is -1.93. The molecular weight excluding hydrogens is 251 g/mol. The van der Waals surface area contributed by atoms with Crippen LogP contribution in [0.3, 0.4) is 0 Å². The molecule has 0 spiro atoms.